The summed E-state index contributed by atoms with van der Waals surface area (Å²) in [6, 6.07) is 11.6. The van der Waals surface area contributed by atoms with E-state index in [9.17, 15) is 0 Å². The summed E-state index contributed by atoms with van der Waals surface area (Å²) in [7, 11) is 1.67. The number of pyridine rings is 1. The molecule has 6 rings (SSSR count). The third-order valence-corrected chi connectivity index (χ3v) is 6.90. The van der Waals surface area contributed by atoms with Crippen molar-refractivity contribution in [2.45, 2.75) is 19.3 Å². The zero-order chi connectivity index (χ0) is 25.5. The summed E-state index contributed by atoms with van der Waals surface area (Å²) in [5.41, 5.74) is 5.86. The van der Waals surface area contributed by atoms with Crippen LogP contribution in [0.1, 0.15) is 19.3 Å². The summed E-state index contributed by atoms with van der Waals surface area (Å²) in [6.45, 7) is 3.34. The number of aromatic nitrogens is 1. The minimum atomic E-state index is 0. The van der Waals surface area contributed by atoms with E-state index in [1.807, 2.05) is 74.7 Å². The number of ether oxygens (including phenoxy) is 1. The normalized spacial score (nSPS) is 19.0. The second-order valence-corrected chi connectivity index (χ2v) is 9.64. The maximum atomic E-state index is 6.23. The molecular weight excluding hydrogens is 536 g/mol. The van der Waals surface area contributed by atoms with E-state index in [0.29, 0.717) is 5.02 Å². The Balaban J connectivity index is 0.000000504. The molecule has 2 aliphatic carbocycles. The molecular formula is C31H31ClFeN4O+2. The van der Waals surface area contributed by atoms with Gasteiger partial charge in [0.2, 0.25) is 0 Å². The van der Waals surface area contributed by atoms with Crippen molar-refractivity contribution >= 4 is 45.3 Å². The van der Waals surface area contributed by atoms with E-state index in [2.05, 4.69) is 34.7 Å². The molecule has 3 aliphatic rings. The van der Waals surface area contributed by atoms with Gasteiger partial charge in [-0.05, 0) is 114 Å². The van der Waals surface area contributed by atoms with Crippen molar-refractivity contribution in [3.63, 3.8) is 0 Å². The first kappa shape index (κ1) is 29.1. The number of hydrogen-bond donors (Lipinski definition) is 1. The Bertz CT molecular complexity index is 1200. The van der Waals surface area contributed by atoms with E-state index >= 15 is 0 Å². The van der Waals surface area contributed by atoms with Crippen molar-refractivity contribution in [1.29, 1.82) is 0 Å². The quantitative estimate of drug-likeness (QED) is 0.156. The van der Waals surface area contributed by atoms with Gasteiger partial charge in [-0.2, -0.15) is 5.10 Å². The number of likely N-dealkylation sites (tertiary alicyclic amines) is 1. The average Bonchev–Trinajstić information content (AvgIpc) is 3.64. The van der Waals surface area contributed by atoms with E-state index in [1.54, 1.807) is 7.11 Å². The van der Waals surface area contributed by atoms with Crippen LogP contribution in [0.2, 0.25) is 5.02 Å². The van der Waals surface area contributed by atoms with Crippen molar-refractivity contribution in [3.8, 4) is 5.75 Å². The zero-order valence-corrected chi connectivity index (χ0v) is 23.2. The molecule has 0 atom stereocenters. The van der Waals surface area contributed by atoms with E-state index in [4.69, 9.17) is 21.3 Å². The molecule has 2 saturated carbocycles. The van der Waals surface area contributed by atoms with Crippen molar-refractivity contribution in [2.24, 2.45) is 5.10 Å². The van der Waals surface area contributed by atoms with E-state index in [-0.39, 0.29) is 17.1 Å². The summed E-state index contributed by atoms with van der Waals surface area (Å²) in [6.07, 6.45) is 22.3. The molecule has 194 valence electrons. The van der Waals surface area contributed by atoms with Crippen LogP contribution >= 0.6 is 11.6 Å². The fraction of sp³-hybridized carbons (Fsp3) is 0.226. The molecule has 3 aromatic rings. The first-order valence-electron chi connectivity index (χ1n) is 12.7. The molecule has 1 saturated heterocycles. The molecule has 5 nitrogen and oxygen atoms in total. The van der Waals surface area contributed by atoms with Crippen LogP contribution in [0, 0.1) is 63.2 Å². The summed E-state index contributed by atoms with van der Waals surface area (Å²) in [5.74, 6) is 3.24. The second-order valence-electron chi connectivity index (χ2n) is 9.21. The Kier molecular flexibility index (Phi) is 11.1. The molecule has 10 radical (unpaired) electrons. The van der Waals surface area contributed by atoms with E-state index < -0.39 is 0 Å². The summed E-state index contributed by atoms with van der Waals surface area (Å²) in [4.78, 5) is 7.31. The first-order chi connectivity index (χ1) is 18.2. The van der Waals surface area contributed by atoms with Gasteiger partial charge in [-0.15, -0.1) is 0 Å². The molecule has 2 aromatic carbocycles. The summed E-state index contributed by atoms with van der Waals surface area (Å²) >= 11 is 6.23. The Morgan fingerprint density at radius 3 is 2.42 bits per heavy atom. The third-order valence-electron chi connectivity index (χ3n) is 6.67. The molecule has 38 heavy (non-hydrogen) atoms. The fourth-order valence-electron chi connectivity index (χ4n) is 4.73. The minimum Gasteiger partial charge on any atom is -0.497 e. The fourth-order valence-corrected chi connectivity index (χ4v) is 4.90. The summed E-state index contributed by atoms with van der Waals surface area (Å²) in [5, 5.41) is 7.19. The van der Waals surface area contributed by atoms with E-state index in [1.165, 1.54) is 38.3 Å². The van der Waals surface area contributed by atoms with Gasteiger partial charge in [0, 0.05) is 40.4 Å². The molecule has 7 heteroatoms. The summed E-state index contributed by atoms with van der Waals surface area (Å²) < 4.78 is 5.44. The van der Waals surface area contributed by atoms with Gasteiger partial charge in [0.1, 0.15) is 5.75 Å². The smallest absolute Gasteiger partial charge is 0.497 e. The average molecular weight is 567 g/mol. The number of fused-ring (bicyclic) bond motifs is 2. The monoisotopic (exact) mass is 566 g/mol. The van der Waals surface area contributed by atoms with E-state index in [0.717, 1.165) is 45.7 Å². The molecule has 1 N–H and O–H groups in total. The standard InChI is InChI=1S/C26H26ClN4O.C5H5.Fe/c1-32-21-9-11-24-23(15-21)26(22-10-8-20(27)14-25(22)29-24)30-28-16-18-6-5-7-19(18)17-31-12-3-2-4-13-31;1-2-4-5-3-1;/h5-11,14-16H,2-4,12-13,17H2,1H3,(H,29,30);1-5H;/q;;+2/b28-16+;;. The van der Waals surface area contributed by atoms with Gasteiger partial charge in [-0.3, -0.25) is 5.43 Å². The number of halogens is 1. The van der Waals surface area contributed by atoms with Gasteiger partial charge in [0.15, 0.2) is 0 Å². The number of nitrogens with one attached hydrogen (secondary N) is 1. The molecule has 2 heterocycles. The maximum absolute atomic E-state index is 6.23. The number of piperidine rings is 1. The number of nitrogens with zero attached hydrogens (tertiary/aromatic N) is 3. The van der Waals surface area contributed by atoms with Gasteiger partial charge in [-0.1, -0.05) is 18.0 Å². The predicted molar refractivity (Wildman–Crippen MR) is 154 cm³/mol. The minimum absolute atomic E-state index is 0. The number of methoxy groups -OCH3 is 1. The largest absolute Gasteiger partial charge is 2.00 e. The van der Waals surface area contributed by atoms with Gasteiger partial charge in [-0.25, -0.2) is 4.98 Å². The number of hydrogen-bond acceptors (Lipinski definition) is 5. The van der Waals surface area contributed by atoms with Crippen LogP contribution in [-0.2, 0) is 17.1 Å². The second kappa shape index (κ2) is 14.5. The van der Waals surface area contributed by atoms with Crippen molar-refractivity contribution in [1.82, 2.24) is 9.88 Å². The Hall–Kier alpha value is -1.85. The number of benzene rings is 2. The van der Waals surface area contributed by atoms with Crippen LogP contribution in [0.25, 0.3) is 21.8 Å². The van der Waals surface area contributed by atoms with Crippen LogP contribution in [0.15, 0.2) is 41.5 Å². The third kappa shape index (κ3) is 7.41. The Morgan fingerprint density at radius 2 is 1.68 bits per heavy atom. The Labute approximate surface area is 243 Å². The van der Waals surface area contributed by atoms with Crippen LogP contribution in [0.5, 0.6) is 5.75 Å². The molecule has 0 amide bonds. The number of anilines is 1. The zero-order valence-electron chi connectivity index (χ0n) is 21.4. The predicted octanol–water partition coefficient (Wildman–Crippen LogP) is 6.73. The van der Waals surface area contributed by atoms with Crippen molar-refractivity contribution in [3.05, 3.63) is 105 Å². The number of hydrazone groups is 1. The molecule has 1 aromatic heterocycles. The SMILES string of the molecule is COc1ccc2nc3cc(Cl)ccc3c(N/N=C/[C]3[CH][CH][CH][C]3CN3CCCCC3)c2c1.[CH]1[CH][CH][CH][CH]1.[Fe+2]. The number of rotatable bonds is 6. The van der Waals surface area contributed by atoms with Gasteiger partial charge < -0.3 is 9.64 Å². The molecule has 0 unspecified atom stereocenters. The maximum Gasteiger partial charge on any atom is 2.00 e. The molecule has 0 bridgehead atoms. The van der Waals surface area contributed by atoms with Crippen molar-refractivity contribution in [2.75, 3.05) is 32.2 Å². The molecule has 0 spiro atoms. The van der Waals surface area contributed by atoms with Gasteiger partial charge in [0.25, 0.3) is 0 Å². The first-order valence-corrected chi connectivity index (χ1v) is 13.1. The Morgan fingerprint density at radius 1 is 0.921 bits per heavy atom. The molecule has 3 fully saturated rings. The van der Waals surface area contributed by atoms with Gasteiger partial charge in [0.05, 0.1) is 23.8 Å². The molecule has 1 aliphatic heterocycles. The van der Waals surface area contributed by atoms with Crippen molar-refractivity contribution < 1.29 is 21.8 Å². The topological polar surface area (TPSA) is 49.8 Å². The van der Waals surface area contributed by atoms with Gasteiger partial charge >= 0.3 is 17.1 Å². The van der Waals surface area contributed by atoms with Crippen LogP contribution in [0.4, 0.5) is 5.69 Å². The van der Waals surface area contributed by atoms with Crippen LogP contribution in [0.3, 0.4) is 0 Å². The van der Waals surface area contributed by atoms with Crippen LogP contribution < -0.4 is 10.2 Å². The van der Waals surface area contributed by atoms with Crippen LogP contribution in [-0.4, -0.2) is 42.8 Å².